The Morgan fingerprint density at radius 3 is 1.61 bits per heavy atom. The Morgan fingerprint density at radius 1 is 0.710 bits per heavy atom. The minimum Gasteiger partial charge on any atom is -0.0801 e. The molecule has 0 saturated heterocycles. The summed E-state index contributed by atoms with van der Waals surface area (Å²) in [6, 6.07) is 27.5. The first-order chi connectivity index (χ1) is 15.1. The summed E-state index contributed by atoms with van der Waals surface area (Å²) in [5.41, 5.74) is 10.8. The molecule has 3 aromatic carbocycles. The van der Waals surface area contributed by atoms with Gasteiger partial charge in [0.2, 0.25) is 0 Å². The molecule has 0 N–H and O–H groups in total. The highest BCUT2D eigenvalue weighted by atomic mass is 14.4. The van der Waals surface area contributed by atoms with Crippen LogP contribution in [0.2, 0.25) is 0 Å². The van der Waals surface area contributed by atoms with E-state index in [9.17, 15) is 0 Å². The minimum absolute atomic E-state index is 0.281. The Kier molecular flexibility index (Phi) is 6.28. The SMILES string of the molecule is CCCCC1=C(C(c2cccc(C)c2)(c2cccc(C)c2)c2cccc(C)c2)CC=C1. The third kappa shape index (κ3) is 4.04. The maximum Gasteiger partial charge on any atom is 0.0670 e. The highest BCUT2D eigenvalue weighted by Crippen LogP contribution is 2.50. The molecular weight excluding hydrogens is 372 g/mol. The van der Waals surface area contributed by atoms with Crippen LogP contribution < -0.4 is 0 Å². The highest BCUT2D eigenvalue weighted by molar-refractivity contribution is 5.63. The fraction of sp³-hybridized carbons (Fsp3) is 0.290. The number of rotatable bonds is 7. The van der Waals surface area contributed by atoms with Crippen LogP contribution in [-0.2, 0) is 5.41 Å². The van der Waals surface area contributed by atoms with Gasteiger partial charge >= 0.3 is 0 Å². The van der Waals surface area contributed by atoms with Gasteiger partial charge in [-0.15, -0.1) is 0 Å². The first kappa shape index (κ1) is 21.4. The first-order valence-corrected chi connectivity index (χ1v) is 11.7. The number of aryl methyl sites for hydroxylation is 3. The van der Waals surface area contributed by atoms with Crippen molar-refractivity contribution < 1.29 is 0 Å². The van der Waals surface area contributed by atoms with Crippen LogP contribution in [0.15, 0.2) is 96.1 Å². The van der Waals surface area contributed by atoms with E-state index in [1.54, 1.807) is 5.57 Å². The molecule has 158 valence electrons. The predicted octanol–water partition coefficient (Wildman–Crippen LogP) is 8.39. The zero-order chi connectivity index (χ0) is 21.8. The van der Waals surface area contributed by atoms with Crippen molar-refractivity contribution in [1.29, 1.82) is 0 Å². The molecule has 31 heavy (non-hydrogen) atoms. The monoisotopic (exact) mass is 406 g/mol. The van der Waals surface area contributed by atoms with Crippen molar-refractivity contribution in [2.75, 3.05) is 0 Å². The molecule has 3 aromatic rings. The molecule has 0 saturated carbocycles. The second kappa shape index (κ2) is 9.10. The smallest absolute Gasteiger partial charge is 0.0670 e. The summed E-state index contributed by atoms with van der Waals surface area (Å²) in [6.45, 7) is 8.91. The van der Waals surface area contributed by atoms with Crippen molar-refractivity contribution >= 4 is 0 Å². The van der Waals surface area contributed by atoms with Crippen LogP contribution in [0.3, 0.4) is 0 Å². The average molecular weight is 407 g/mol. The van der Waals surface area contributed by atoms with Crippen LogP contribution in [0.4, 0.5) is 0 Å². The number of allylic oxidation sites excluding steroid dienone is 4. The van der Waals surface area contributed by atoms with Crippen LogP contribution in [0.5, 0.6) is 0 Å². The third-order valence-corrected chi connectivity index (χ3v) is 6.63. The summed E-state index contributed by atoms with van der Waals surface area (Å²) < 4.78 is 0. The standard InChI is InChI=1S/C31H34/c1-5-6-14-26-15-10-19-30(26)31(27-16-7-11-23(2)20-27,28-17-8-12-24(3)21-28)29-18-9-13-25(4)22-29/h7-13,15-18,20-22H,5-6,14,19H2,1-4H3. The quantitative estimate of drug-likeness (QED) is 0.346. The number of unbranched alkanes of at least 4 members (excludes halogenated alkanes) is 1. The van der Waals surface area contributed by atoms with Crippen molar-refractivity contribution in [3.05, 3.63) is 129 Å². The van der Waals surface area contributed by atoms with Crippen LogP contribution >= 0.6 is 0 Å². The van der Waals surface area contributed by atoms with E-state index in [1.165, 1.54) is 51.8 Å². The molecule has 0 unspecified atom stereocenters. The fourth-order valence-corrected chi connectivity index (χ4v) is 5.20. The van der Waals surface area contributed by atoms with Gasteiger partial charge in [0, 0.05) is 0 Å². The first-order valence-electron chi connectivity index (χ1n) is 11.7. The van der Waals surface area contributed by atoms with Crippen molar-refractivity contribution in [3.63, 3.8) is 0 Å². The van der Waals surface area contributed by atoms with Crippen molar-refractivity contribution in [2.24, 2.45) is 0 Å². The van der Waals surface area contributed by atoms with Gasteiger partial charge in [-0.3, -0.25) is 0 Å². The van der Waals surface area contributed by atoms with Crippen LogP contribution in [0, 0.1) is 20.8 Å². The molecule has 0 atom stereocenters. The Bertz CT molecular complexity index is 1020. The lowest BCUT2D eigenvalue weighted by molar-refractivity contribution is 0.688. The Balaban J connectivity index is 2.12. The van der Waals surface area contributed by atoms with Gasteiger partial charge in [-0.1, -0.05) is 115 Å². The molecule has 0 aromatic heterocycles. The summed E-state index contributed by atoms with van der Waals surface area (Å²) in [7, 11) is 0. The van der Waals surface area contributed by atoms with E-state index in [-0.39, 0.29) is 5.41 Å². The number of benzene rings is 3. The molecule has 0 radical (unpaired) electrons. The summed E-state index contributed by atoms with van der Waals surface area (Å²) in [5.74, 6) is 0. The zero-order valence-corrected chi connectivity index (χ0v) is 19.4. The van der Waals surface area contributed by atoms with Gasteiger partial charge < -0.3 is 0 Å². The summed E-state index contributed by atoms with van der Waals surface area (Å²) >= 11 is 0. The summed E-state index contributed by atoms with van der Waals surface area (Å²) in [5, 5.41) is 0. The van der Waals surface area contributed by atoms with Crippen molar-refractivity contribution in [2.45, 2.75) is 58.8 Å². The second-order valence-corrected chi connectivity index (χ2v) is 9.07. The molecule has 0 nitrogen and oxygen atoms in total. The van der Waals surface area contributed by atoms with Gasteiger partial charge in [0.05, 0.1) is 5.41 Å². The van der Waals surface area contributed by atoms with Gasteiger partial charge in [-0.2, -0.15) is 0 Å². The van der Waals surface area contributed by atoms with E-state index < -0.39 is 0 Å². The molecule has 0 spiro atoms. The van der Waals surface area contributed by atoms with Gasteiger partial charge in [0.25, 0.3) is 0 Å². The van der Waals surface area contributed by atoms with E-state index in [2.05, 4.69) is 113 Å². The normalized spacial score (nSPS) is 13.8. The maximum atomic E-state index is 2.40. The minimum atomic E-state index is -0.281. The van der Waals surface area contributed by atoms with Crippen LogP contribution in [0.25, 0.3) is 0 Å². The van der Waals surface area contributed by atoms with E-state index in [4.69, 9.17) is 0 Å². The molecule has 0 heteroatoms. The lowest BCUT2D eigenvalue weighted by Crippen LogP contribution is -2.32. The Hall–Kier alpha value is -2.86. The second-order valence-electron chi connectivity index (χ2n) is 9.07. The van der Waals surface area contributed by atoms with Gasteiger partial charge in [-0.25, -0.2) is 0 Å². The largest absolute Gasteiger partial charge is 0.0801 e. The fourth-order valence-electron chi connectivity index (χ4n) is 5.20. The van der Waals surface area contributed by atoms with E-state index in [0.717, 1.165) is 12.8 Å². The van der Waals surface area contributed by atoms with Crippen molar-refractivity contribution in [1.82, 2.24) is 0 Å². The average Bonchev–Trinajstić information content (AvgIpc) is 3.22. The summed E-state index contributed by atoms with van der Waals surface area (Å²) in [4.78, 5) is 0. The summed E-state index contributed by atoms with van der Waals surface area (Å²) in [6.07, 6.45) is 9.37. The van der Waals surface area contributed by atoms with E-state index in [1.807, 2.05) is 0 Å². The van der Waals surface area contributed by atoms with Crippen LogP contribution in [-0.4, -0.2) is 0 Å². The van der Waals surface area contributed by atoms with E-state index >= 15 is 0 Å². The molecule has 1 aliphatic carbocycles. The number of hydrogen-bond acceptors (Lipinski definition) is 0. The predicted molar refractivity (Wildman–Crippen MR) is 134 cm³/mol. The number of hydrogen-bond donors (Lipinski definition) is 0. The lowest BCUT2D eigenvalue weighted by atomic mass is 9.62. The third-order valence-electron chi connectivity index (χ3n) is 6.63. The van der Waals surface area contributed by atoms with Crippen molar-refractivity contribution in [3.8, 4) is 0 Å². The zero-order valence-electron chi connectivity index (χ0n) is 19.4. The molecular formula is C31H34. The molecule has 0 heterocycles. The Morgan fingerprint density at radius 2 is 1.19 bits per heavy atom. The molecule has 0 bridgehead atoms. The highest BCUT2D eigenvalue weighted by Gasteiger charge is 2.41. The van der Waals surface area contributed by atoms with Gasteiger partial charge in [0.1, 0.15) is 0 Å². The molecule has 0 fully saturated rings. The topological polar surface area (TPSA) is 0 Å². The van der Waals surface area contributed by atoms with Gasteiger partial charge in [0.15, 0.2) is 0 Å². The van der Waals surface area contributed by atoms with Gasteiger partial charge in [-0.05, 0) is 67.9 Å². The Labute approximate surface area is 188 Å². The van der Waals surface area contributed by atoms with E-state index in [0.29, 0.717) is 0 Å². The molecule has 0 aliphatic heterocycles. The molecule has 1 aliphatic rings. The molecule has 0 amide bonds. The van der Waals surface area contributed by atoms with Crippen LogP contribution in [0.1, 0.15) is 66.0 Å². The maximum absolute atomic E-state index is 2.40. The molecule has 4 rings (SSSR count). The lowest BCUT2D eigenvalue weighted by Gasteiger charge is -2.39.